The average Bonchev–Trinajstić information content (AvgIpc) is 2.54. The van der Waals surface area contributed by atoms with Crippen molar-refractivity contribution < 1.29 is 13.2 Å². The molecule has 2 amide bonds. The van der Waals surface area contributed by atoms with Crippen LogP contribution in [0.4, 0.5) is 16.2 Å². The van der Waals surface area contributed by atoms with Gasteiger partial charge in [-0.1, -0.05) is 25.3 Å². The fourth-order valence-electron chi connectivity index (χ4n) is 2.81. The highest BCUT2D eigenvalue weighted by atomic mass is 32.2. The molecule has 1 saturated carbocycles. The molecule has 140 valence electrons. The molecule has 0 aliphatic heterocycles. The number of carbonyl (C=O) groups excluding carboxylic acids is 1. The number of hydrogen-bond donors (Lipinski definition) is 3. The van der Waals surface area contributed by atoms with E-state index in [4.69, 9.17) is 0 Å². The van der Waals surface area contributed by atoms with E-state index in [1.54, 1.807) is 24.3 Å². The Morgan fingerprint density at radius 2 is 1.92 bits per heavy atom. The van der Waals surface area contributed by atoms with Gasteiger partial charge in [-0.3, -0.25) is 4.72 Å². The lowest BCUT2D eigenvalue weighted by Crippen LogP contribution is -2.29. The van der Waals surface area contributed by atoms with Gasteiger partial charge >= 0.3 is 6.03 Å². The maximum atomic E-state index is 11.9. The zero-order chi connectivity index (χ0) is 18.1. The van der Waals surface area contributed by atoms with Gasteiger partial charge < -0.3 is 10.6 Å². The molecule has 1 aliphatic carbocycles. The number of urea groups is 1. The van der Waals surface area contributed by atoms with Crippen molar-refractivity contribution >= 4 is 39.2 Å². The summed E-state index contributed by atoms with van der Waals surface area (Å²) in [7, 11) is -3.33. The van der Waals surface area contributed by atoms with Gasteiger partial charge in [0.25, 0.3) is 0 Å². The number of sulfonamides is 1. The minimum atomic E-state index is -3.33. The smallest absolute Gasteiger partial charge is 0.319 e. The van der Waals surface area contributed by atoms with Gasteiger partial charge in [-0.15, -0.1) is 0 Å². The first-order valence-corrected chi connectivity index (χ1v) is 11.6. The summed E-state index contributed by atoms with van der Waals surface area (Å²) < 4.78 is 24.9. The number of rotatable bonds is 8. The van der Waals surface area contributed by atoms with Crippen LogP contribution in [-0.4, -0.2) is 38.3 Å². The third kappa shape index (κ3) is 8.49. The Bertz CT molecular complexity index is 659. The molecule has 0 spiro atoms. The molecule has 3 N–H and O–H groups in total. The molecule has 0 aromatic heterocycles. The van der Waals surface area contributed by atoms with E-state index < -0.39 is 10.0 Å². The van der Waals surface area contributed by atoms with E-state index in [-0.39, 0.29) is 6.03 Å². The third-order valence-corrected chi connectivity index (χ3v) is 6.01. The Labute approximate surface area is 154 Å². The van der Waals surface area contributed by atoms with Crippen molar-refractivity contribution in [2.24, 2.45) is 0 Å². The van der Waals surface area contributed by atoms with Crippen LogP contribution in [0.25, 0.3) is 0 Å². The molecule has 1 aromatic carbocycles. The van der Waals surface area contributed by atoms with Crippen molar-refractivity contribution in [1.29, 1.82) is 0 Å². The first kappa shape index (κ1) is 19.9. The summed E-state index contributed by atoms with van der Waals surface area (Å²) in [4.78, 5) is 11.9. The Balaban J connectivity index is 1.65. The first-order chi connectivity index (χ1) is 11.9. The lowest BCUT2D eigenvalue weighted by atomic mass is 10.0. The molecular formula is C17H27N3O3S2. The van der Waals surface area contributed by atoms with Crippen LogP contribution >= 0.6 is 11.8 Å². The second-order valence-corrected chi connectivity index (χ2v) is 9.48. The summed E-state index contributed by atoms with van der Waals surface area (Å²) in [6, 6.07) is 6.33. The standard InChI is InChI=1S/C17H27N3O3S2/c1-25(22,23)20-15-8-5-7-14(13-15)19-17(21)18-11-6-12-24-16-9-3-2-4-10-16/h5,7-8,13,16,20H,2-4,6,9-12H2,1H3,(H2,18,19,21). The fraction of sp³-hybridized carbons (Fsp3) is 0.588. The molecule has 25 heavy (non-hydrogen) atoms. The minimum absolute atomic E-state index is 0.279. The summed E-state index contributed by atoms with van der Waals surface area (Å²) in [6.07, 6.45) is 8.78. The van der Waals surface area contributed by atoms with Crippen LogP contribution in [0.5, 0.6) is 0 Å². The van der Waals surface area contributed by atoms with Crippen molar-refractivity contribution in [2.45, 2.75) is 43.8 Å². The predicted octanol–water partition coefficient (Wildman–Crippen LogP) is 3.64. The maximum Gasteiger partial charge on any atom is 0.319 e. The lowest BCUT2D eigenvalue weighted by molar-refractivity contribution is 0.252. The minimum Gasteiger partial charge on any atom is -0.338 e. The predicted molar refractivity (Wildman–Crippen MR) is 106 cm³/mol. The van der Waals surface area contributed by atoms with Gasteiger partial charge in [-0.25, -0.2) is 13.2 Å². The zero-order valence-electron chi connectivity index (χ0n) is 14.6. The highest BCUT2D eigenvalue weighted by Crippen LogP contribution is 2.28. The van der Waals surface area contributed by atoms with Crippen LogP contribution in [0.1, 0.15) is 38.5 Å². The Morgan fingerprint density at radius 1 is 1.20 bits per heavy atom. The van der Waals surface area contributed by atoms with E-state index in [2.05, 4.69) is 15.4 Å². The second-order valence-electron chi connectivity index (χ2n) is 6.32. The molecule has 1 aliphatic rings. The molecule has 0 bridgehead atoms. The summed E-state index contributed by atoms with van der Waals surface area (Å²) >= 11 is 2.02. The molecule has 1 fully saturated rings. The number of benzene rings is 1. The van der Waals surface area contributed by atoms with E-state index in [0.29, 0.717) is 17.9 Å². The lowest BCUT2D eigenvalue weighted by Gasteiger charge is -2.20. The van der Waals surface area contributed by atoms with E-state index in [0.717, 1.165) is 23.7 Å². The number of nitrogens with one attached hydrogen (secondary N) is 3. The van der Waals surface area contributed by atoms with Crippen molar-refractivity contribution in [3.63, 3.8) is 0 Å². The van der Waals surface area contributed by atoms with Crippen molar-refractivity contribution in [3.8, 4) is 0 Å². The summed E-state index contributed by atoms with van der Waals surface area (Å²) in [5.74, 6) is 1.07. The quantitative estimate of drug-likeness (QED) is 0.596. The Morgan fingerprint density at radius 3 is 2.64 bits per heavy atom. The van der Waals surface area contributed by atoms with E-state index in [1.807, 2.05) is 11.8 Å². The molecule has 0 saturated heterocycles. The molecule has 0 unspecified atom stereocenters. The largest absolute Gasteiger partial charge is 0.338 e. The monoisotopic (exact) mass is 385 g/mol. The number of hydrogen-bond acceptors (Lipinski definition) is 4. The van der Waals surface area contributed by atoms with E-state index in [1.165, 1.54) is 32.1 Å². The van der Waals surface area contributed by atoms with Crippen LogP contribution in [-0.2, 0) is 10.0 Å². The zero-order valence-corrected chi connectivity index (χ0v) is 16.2. The molecule has 0 atom stereocenters. The molecule has 1 aromatic rings. The number of amides is 2. The van der Waals surface area contributed by atoms with Gasteiger partial charge in [-0.05, 0) is 43.2 Å². The number of thioether (sulfide) groups is 1. The SMILES string of the molecule is CS(=O)(=O)Nc1cccc(NC(=O)NCCCSC2CCCCC2)c1. The topological polar surface area (TPSA) is 87.3 Å². The first-order valence-electron chi connectivity index (χ1n) is 8.67. The van der Waals surface area contributed by atoms with Crippen LogP contribution in [0.15, 0.2) is 24.3 Å². The normalized spacial score (nSPS) is 15.6. The van der Waals surface area contributed by atoms with Crippen molar-refractivity contribution in [3.05, 3.63) is 24.3 Å². The molecule has 2 rings (SSSR count). The Kier molecular flexibility index (Phi) is 7.90. The highest BCUT2D eigenvalue weighted by molar-refractivity contribution is 7.99. The summed E-state index contributed by atoms with van der Waals surface area (Å²) in [5.41, 5.74) is 0.965. The number of carbonyl (C=O) groups is 1. The third-order valence-electron chi connectivity index (χ3n) is 3.94. The van der Waals surface area contributed by atoms with Gasteiger partial charge in [0.1, 0.15) is 0 Å². The van der Waals surface area contributed by atoms with Crippen LogP contribution in [0.3, 0.4) is 0 Å². The fourth-order valence-corrected chi connectivity index (χ4v) is 4.67. The van der Waals surface area contributed by atoms with Crippen LogP contribution in [0, 0.1) is 0 Å². The van der Waals surface area contributed by atoms with Gasteiger partial charge in [0.15, 0.2) is 0 Å². The maximum absolute atomic E-state index is 11.9. The van der Waals surface area contributed by atoms with Crippen molar-refractivity contribution in [2.75, 3.05) is 28.6 Å². The summed E-state index contributed by atoms with van der Waals surface area (Å²) in [5, 5.41) is 6.35. The molecule has 0 heterocycles. The van der Waals surface area contributed by atoms with Gasteiger partial charge in [-0.2, -0.15) is 11.8 Å². The van der Waals surface area contributed by atoms with Crippen LogP contribution in [0.2, 0.25) is 0 Å². The van der Waals surface area contributed by atoms with Gasteiger partial charge in [0.05, 0.1) is 11.9 Å². The van der Waals surface area contributed by atoms with E-state index >= 15 is 0 Å². The Hall–Kier alpha value is -1.41. The van der Waals surface area contributed by atoms with E-state index in [9.17, 15) is 13.2 Å². The highest BCUT2D eigenvalue weighted by Gasteiger charge is 2.13. The van der Waals surface area contributed by atoms with Gasteiger partial charge in [0, 0.05) is 17.5 Å². The molecule has 6 nitrogen and oxygen atoms in total. The molecule has 8 heteroatoms. The van der Waals surface area contributed by atoms with Crippen LogP contribution < -0.4 is 15.4 Å². The van der Waals surface area contributed by atoms with Crippen molar-refractivity contribution in [1.82, 2.24) is 5.32 Å². The number of anilines is 2. The molecule has 0 radical (unpaired) electrons. The summed E-state index contributed by atoms with van der Waals surface area (Å²) in [6.45, 7) is 0.632. The molecular weight excluding hydrogens is 358 g/mol. The average molecular weight is 386 g/mol. The van der Waals surface area contributed by atoms with Gasteiger partial charge in [0.2, 0.25) is 10.0 Å². The second kappa shape index (κ2) is 9.91.